The number of hydrogen-bond donors (Lipinski definition) is 9. The van der Waals surface area contributed by atoms with Gasteiger partial charge in [0.05, 0.1) is 30.8 Å². The number of nitrogens with zero attached hydrogens (tertiary/aromatic N) is 1. The van der Waals surface area contributed by atoms with E-state index in [-0.39, 0.29) is 28.7 Å². The zero-order valence-corrected chi connectivity index (χ0v) is 68.0. The Labute approximate surface area is 698 Å². The first-order valence-electron chi connectivity index (χ1n) is 36.8. The molecule has 16 rings (SSSR count). The molecule has 0 bridgehead atoms. The van der Waals surface area contributed by atoms with Crippen LogP contribution in [-0.4, -0.2) is 75.0 Å². The van der Waals surface area contributed by atoms with E-state index in [1.54, 1.807) is 132 Å². The first-order chi connectivity index (χ1) is 57.2. The number of carboxylic acids is 4. The molecular weight excluding hydrogens is 1580 g/mol. The van der Waals surface area contributed by atoms with E-state index in [1.807, 2.05) is 106 Å². The predicted molar refractivity (Wildman–Crippen MR) is 473 cm³/mol. The van der Waals surface area contributed by atoms with Crippen molar-refractivity contribution < 1.29 is 88.6 Å². The van der Waals surface area contributed by atoms with Gasteiger partial charge < -0.3 is 69.4 Å². The lowest BCUT2D eigenvalue weighted by atomic mass is 10.0. The van der Waals surface area contributed by atoms with Crippen molar-refractivity contribution in [3.05, 3.63) is 310 Å². The number of rotatable bonds is 20. The molecule has 0 aliphatic rings. The van der Waals surface area contributed by atoms with Crippen molar-refractivity contribution in [2.45, 2.75) is 48.5 Å². The molecule has 5 aromatic heterocycles. The molecule has 0 atom stereocenters. The van der Waals surface area contributed by atoms with E-state index in [0.29, 0.717) is 40.3 Å². The van der Waals surface area contributed by atoms with E-state index < -0.39 is 23.9 Å². The third-order valence-electron chi connectivity index (χ3n) is 18.9. The summed E-state index contributed by atoms with van der Waals surface area (Å²) in [5, 5.41) is 92.5. The number of aromatic hydroxyl groups is 5. The van der Waals surface area contributed by atoms with Crippen molar-refractivity contribution in [2.24, 2.45) is 0 Å². The Bertz CT molecular complexity index is 6210. The van der Waals surface area contributed by atoms with Crippen molar-refractivity contribution in [2.75, 3.05) is 0 Å². The van der Waals surface area contributed by atoms with Gasteiger partial charge in [-0.3, -0.25) is 0 Å². The maximum Gasteiger partial charge on any atom is 0.328 e. The number of phenols is 5. The molecule has 0 radical (unpaired) electrons. The molecule has 0 spiro atoms. The van der Waals surface area contributed by atoms with Gasteiger partial charge in [-0.1, -0.05) is 108 Å². The van der Waals surface area contributed by atoms with Crippen LogP contribution >= 0.6 is 45.3 Å². The van der Waals surface area contributed by atoms with Gasteiger partial charge in [0.2, 0.25) is 0 Å². The average molecular weight is 1660 g/mol. The Kier molecular flexibility index (Phi) is 25.3. The lowest BCUT2D eigenvalue weighted by Gasteiger charge is -2.11. The highest BCUT2D eigenvalue weighted by Crippen LogP contribution is 2.53. The molecule has 0 aliphatic heterocycles. The highest BCUT2D eigenvalue weighted by atomic mass is 32.1. The second kappa shape index (κ2) is 36.5. The van der Waals surface area contributed by atoms with Crippen LogP contribution < -0.4 is 18.9 Å². The van der Waals surface area contributed by atoms with Crippen LogP contribution in [0.4, 0.5) is 0 Å². The van der Waals surface area contributed by atoms with Crippen LogP contribution in [0.1, 0.15) is 61.5 Å². The summed E-state index contributed by atoms with van der Waals surface area (Å²) in [6.07, 6.45) is 10.5. The van der Waals surface area contributed by atoms with E-state index in [9.17, 15) is 44.7 Å². The van der Waals surface area contributed by atoms with E-state index >= 15 is 0 Å². The third kappa shape index (κ3) is 19.9. The fraction of sp³-hybridized carbons (Fsp3) is 0.0729. The van der Waals surface area contributed by atoms with Crippen LogP contribution in [0.25, 0.3) is 106 Å². The Morgan fingerprint density at radius 1 is 0.336 bits per heavy atom. The van der Waals surface area contributed by atoms with E-state index in [1.165, 1.54) is 58.1 Å². The summed E-state index contributed by atoms with van der Waals surface area (Å²) in [6, 6.07) is 67.4. The second-order valence-electron chi connectivity index (χ2n) is 27.3. The summed E-state index contributed by atoms with van der Waals surface area (Å²) >= 11 is 6.14. The number of aliphatic carboxylic acids is 4. The largest absolute Gasteiger partial charge is 0.508 e. The van der Waals surface area contributed by atoms with Gasteiger partial charge in [-0.25, -0.2) is 19.2 Å². The van der Waals surface area contributed by atoms with E-state index in [4.69, 9.17) is 43.9 Å². The molecule has 0 fully saturated rings. The molecular formula is C96H75NO18S4. The maximum absolute atomic E-state index is 10.7. The number of hydrogen-bond acceptors (Lipinski definition) is 19. The van der Waals surface area contributed by atoms with Crippen molar-refractivity contribution in [1.82, 2.24) is 5.16 Å². The fourth-order valence-corrected chi connectivity index (χ4v) is 17.8. The van der Waals surface area contributed by atoms with Crippen molar-refractivity contribution in [3.8, 4) is 117 Å². The second-order valence-corrected chi connectivity index (χ2v) is 31.6. The summed E-state index contributed by atoms with van der Waals surface area (Å²) in [4.78, 5) is 46.5. The first kappa shape index (κ1) is 82.5. The van der Waals surface area contributed by atoms with Gasteiger partial charge in [0.15, 0.2) is 23.0 Å². The minimum atomic E-state index is -1.01. The van der Waals surface area contributed by atoms with Crippen LogP contribution in [-0.2, 0) is 19.2 Å². The Morgan fingerprint density at radius 2 is 0.655 bits per heavy atom. The Morgan fingerprint density at radius 3 is 0.992 bits per heavy atom. The summed E-state index contributed by atoms with van der Waals surface area (Å²) in [6.45, 7) is 13.9. The topological polar surface area (TPSA) is 313 Å². The normalized spacial score (nSPS) is 11.3. The molecule has 0 aliphatic carbocycles. The maximum atomic E-state index is 10.7. The van der Waals surface area contributed by atoms with Crippen molar-refractivity contribution in [3.63, 3.8) is 0 Å². The molecule has 0 amide bonds. The summed E-state index contributed by atoms with van der Waals surface area (Å²) in [5.41, 5.74) is 13.2. The summed E-state index contributed by atoms with van der Waals surface area (Å²) in [5.74, 6) is 3.02. The molecule has 5 heterocycles. The number of thiophene rings is 4. The number of carbonyl (C=O) groups is 4. The van der Waals surface area contributed by atoms with E-state index in [0.717, 1.165) is 163 Å². The molecule has 0 saturated carbocycles. The van der Waals surface area contributed by atoms with Crippen LogP contribution in [0.2, 0.25) is 0 Å². The molecule has 9 N–H and O–H groups in total. The van der Waals surface area contributed by atoms with Crippen molar-refractivity contribution >= 4 is 134 Å². The van der Waals surface area contributed by atoms with Crippen LogP contribution in [0.5, 0.6) is 74.7 Å². The number of phenolic OH excluding ortho intramolecular Hbond substituents is 5. The number of carboxylic acid groups (broad SMARTS) is 4. The molecule has 0 unspecified atom stereocenters. The smallest absolute Gasteiger partial charge is 0.328 e. The van der Waals surface area contributed by atoms with Gasteiger partial charge in [-0.05, 0) is 256 Å². The van der Waals surface area contributed by atoms with Gasteiger partial charge in [-0.15, -0.1) is 45.3 Å². The third-order valence-corrected chi connectivity index (χ3v) is 23.5. The molecule has 11 aromatic carbocycles. The number of benzene rings is 11. The lowest BCUT2D eigenvalue weighted by Crippen LogP contribution is -1.89. The highest BCUT2D eigenvalue weighted by Gasteiger charge is 2.26. The van der Waals surface area contributed by atoms with Gasteiger partial charge in [0, 0.05) is 70.2 Å². The monoisotopic (exact) mass is 1660 g/mol. The van der Waals surface area contributed by atoms with Crippen LogP contribution in [0.3, 0.4) is 0 Å². The fourth-order valence-electron chi connectivity index (χ4n) is 12.7. The zero-order chi connectivity index (χ0) is 84.3. The van der Waals surface area contributed by atoms with E-state index in [2.05, 4.69) is 63.2 Å². The van der Waals surface area contributed by atoms with Crippen molar-refractivity contribution in [1.29, 1.82) is 0 Å². The highest BCUT2D eigenvalue weighted by molar-refractivity contribution is 7.24. The SMILES string of the molecule is Cc1c(O)cccc1-c1sc2cc(O)ccc2c1Oc1ccc(/C=C/C(=O)O)cc1.Cc1ccc(C)c(-c2sc3cc(O)ccc3c2Oc2ccc(/C=C/C(=O)O)cc2)c1.Cc1cccc(-c2sc3cc(O)ccc3c2Oc2ccc(/C=C/C(=O)O)cc2)c1C.Cc1noc(C)c1-c1sc2cc(O)ccc2c1Oc1ccc(/C=C/C(=O)O)cc1. The van der Waals surface area contributed by atoms with Crippen LogP contribution in [0.15, 0.2) is 253 Å². The minimum Gasteiger partial charge on any atom is -0.508 e. The van der Waals surface area contributed by atoms with Crippen LogP contribution in [0, 0.1) is 48.5 Å². The standard InChI is InChI=1S/2C25H20O4S.C24H18O5S.C22H17NO5S/c1-15-3-4-16(2)21(13-15)25-24(20-11-8-18(26)14-22(20)30-25)29-19-9-5-17(6-10-19)7-12-23(27)28;1-15-4-3-5-20(16(15)2)25-24(21-12-9-18(26)14-22(21)30-25)29-19-10-6-17(7-11-19)8-13-23(27)28;1-14-18(3-2-4-20(14)26)24-23(19-11-8-16(25)13-21(19)30-24)29-17-9-5-15(6-10-17)7-12-22(27)28;1-12-20(13(2)28-23-12)22-21(17-9-6-15(24)11-18(17)29-22)27-16-7-3-14(4-8-16)5-10-19(25)26/h2*3-14,26H,1-2H3,(H,27,28);2-13,25-26H,1H3,(H,27,28);3-11,24H,1-2H3,(H,25,26)/b12-7+;13-8+;12-7+;10-5+. The number of ether oxygens (including phenoxy) is 4. The zero-order valence-electron chi connectivity index (χ0n) is 64.8. The molecule has 16 aromatic rings. The number of fused-ring (bicyclic) bond motifs is 4. The van der Waals surface area contributed by atoms with Gasteiger partial charge >= 0.3 is 23.9 Å². The lowest BCUT2D eigenvalue weighted by molar-refractivity contribution is -0.132. The first-order valence-corrected chi connectivity index (χ1v) is 40.1. The van der Waals surface area contributed by atoms with Gasteiger partial charge in [-0.2, -0.15) is 0 Å². The average Bonchev–Trinajstić information content (AvgIpc) is 1.63. The predicted octanol–water partition coefficient (Wildman–Crippen LogP) is 25.5. The number of aryl methyl sites for hydroxylation is 5. The summed E-state index contributed by atoms with van der Waals surface area (Å²) < 4.78 is 34.1. The minimum absolute atomic E-state index is 0.170. The molecule has 19 nitrogen and oxygen atoms in total. The van der Waals surface area contributed by atoms with Gasteiger partial charge in [0.1, 0.15) is 57.5 Å². The molecule has 119 heavy (non-hydrogen) atoms. The number of aromatic nitrogens is 1. The Hall–Kier alpha value is -14.5. The Balaban J connectivity index is 0.000000137. The summed E-state index contributed by atoms with van der Waals surface area (Å²) in [7, 11) is 0. The molecule has 0 saturated heterocycles. The molecule has 23 heteroatoms. The quantitative estimate of drug-likeness (QED) is 0.0320. The molecule has 596 valence electrons. The van der Waals surface area contributed by atoms with Gasteiger partial charge in [0.25, 0.3) is 0 Å².